The summed E-state index contributed by atoms with van der Waals surface area (Å²) in [7, 11) is 0. The molecule has 4 heteroatoms. The van der Waals surface area contributed by atoms with Crippen LogP contribution in [0.4, 0.5) is 0 Å². The molecule has 0 saturated carbocycles. The molecule has 0 radical (unpaired) electrons. The largest absolute Gasteiger partial charge is 0.489 e. The number of carbonyl (C=O) groups is 1. The van der Waals surface area contributed by atoms with Crippen LogP contribution in [0.2, 0.25) is 0 Å². The zero-order valence-electron chi connectivity index (χ0n) is 12.3. The molecule has 4 nitrogen and oxygen atoms in total. The minimum atomic E-state index is 0.0168. The molecule has 0 spiro atoms. The van der Waals surface area contributed by atoms with E-state index in [4.69, 9.17) is 4.74 Å². The SMILES string of the molecule is C=CCOc1ccccc1CNCC(=O)NCC(C)C. The van der Waals surface area contributed by atoms with Crippen molar-refractivity contribution in [3.63, 3.8) is 0 Å². The van der Waals surface area contributed by atoms with Crippen LogP contribution in [-0.4, -0.2) is 25.6 Å². The van der Waals surface area contributed by atoms with Crippen molar-refractivity contribution in [1.82, 2.24) is 10.6 Å². The van der Waals surface area contributed by atoms with Crippen molar-refractivity contribution in [3.8, 4) is 5.75 Å². The van der Waals surface area contributed by atoms with E-state index in [1.165, 1.54) is 0 Å². The van der Waals surface area contributed by atoms with Gasteiger partial charge in [0.05, 0.1) is 6.54 Å². The maximum Gasteiger partial charge on any atom is 0.233 e. The number of ether oxygens (including phenoxy) is 1. The van der Waals surface area contributed by atoms with Crippen LogP contribution in [0.1, 0.15) is 19.4 Å². The Labute approximate surface area is 121 Å². The van der Waals surface area contributed by atoms with Gasteiger partial charge in [0.15, 0.2) is 0 Å². The summed E-state index contributed by atoms with van der Waals surface area (Å²) in [6.45, 7) is 9.87. The topological polar surface area (TPSA) is 50.4 Å². The molecule has 20 heavy (non-hydrogen) atoms. The van der Waals surface area contributed by atoms with Gasteiger partial charge in [-0.3, -0.25) is 4.79 Å². The molecule has 1 rings (SSSR count). The van der Waals surface area contributed by atoms with Crippen molar-refractivity contribution in [1.29, 1.82) is 0 Å². The van der Waals surface area contributed by atoms with Gasteiger partial charge < -0.3 is 15.4 Å². The quantitative estimate of drug-likeness (QED) is 0.679. The van der Waals surface area contributed by atoms with E-state index in [-0.39, 0.29) is 5.91 Å². The standard InChI is InChI=1S/C16H24N2O2/c1-4-9-20-15-8-6-5-7-14(15)11-17-12-16(19)18-10-13(2)3/h4-8,13,17H,1,9-12H2,2-3H3,(H,18,19). The van der Waals surface area contributed by atoms with Crippen LogP contribution >= 0.6 is 0 Å². The molecular formula is C16H24N2O2. The van der Waals surface area contributed by atoms with Crippen molar-refractivity contribution in [2.75, 3.05) is 19.7 Å². The molecule has 1 amide bonds. The molecule has 1 aromatic rings. The summed E-state index contributed by atoms with van der Waals surface area (Å²) in [5.41, 5.74) is 1.03. The summed E-state index contributed by atoms with van der Waals surface area (Å²) in [5, 5.41) is 6.00. The van der Waals surface area contributed by atoms with E-state index in [9.17, 15) is 4.79 Å². The number of hydrogen-bond acceptors (Lipinski definition) is 3. The van der Waals surface area contributed by atoms with Gasteiger partial charge in [0.2, 0.25) is 5.91 Å². The van der Waals surface area contributed by atoms with Gasteiger partial charge in [-0.1, -0.05) is 44.7 Å². The van der Waals surface area contributed by atoms with Crippen LogP contribution in [0.25, 0.3) is 0 Å². The van der Waals surface area contributed by atoms with Crippen LogP contribution in [0, 0.1) is 5.92 Å². The molecule has 0 aromatic heterocycles. The second-order valence-electron chi connectivity index (χ2n) is 5.01. The molecule has 0 aliphatic rings. The Kier molecular flexibility index (Phi) is 7.43. The third kappa shape index (κ3) is 6.38. The molecule has 0 bridgehead atoms. The van der Waals surface area contributed by atoms with Gasteiger partial charge in [0, 0.05) is 18.7 Å². The van der Waals surface area contributed by atoms with Crippen molar-refractivity contribution in [3.05, 3.63) is 42.5 Å². The smallest absolute Gasteiger partial charge is 0.233 e. The van der Waals surface area contributed by atoms with Gasteiger partial charge in [-0.15, -0.1) is 0 Å². The molecule has 2 N–H and O–H groups in total. The van der Waals surface area contributed by atoms with Crippen LogP contribution in [0.15, 0.2) is 36.9 Å². The van der Waals surface area contributed by atoms with Gasteiger partial charge in [-0.05, 0) is 12.0 Å². The summed E-state index contributed by atoms with van der Waals surface area (Å²) in [4.78, 5) is 11.6. The van der Waals surface area contributed by atoms with E-state index in [1.807, 2.05) is 24.3 Å². The van der Waals surface area contributed by atoms with E-state index in [0.717, 1.165) is 11.3 Å². The zero-order chi connectivity index (χ0) is 14.8. The molecule has 0 heterocycles. The van der Waals surface area contributed by atoms with Gasteiger partial charge in [-0.2, -0.15) is 0 Å². The molecule has 0 fully saturated rings. The Morgan fingerprint density at radius 3 is 2.85 bits per heavy atom. The van der Waals surface area contributed by atoms with Gasteiger partial charge in [0.1, 0.15) is 12.4 Å². The highest BCUT2D eigenvalue weighted by molar-refractivity contribution is 5.77. The predicted octanol–water partition coefficient (Wildman–Crippen LogP) is 2.11. The molecule has 0 aliphatic heterocycles. The summed E-state index contributed by atoms with van der Waals surface area (Å²) in [6, 6.07) is 7.78. The van der Waals surface area contributed by atoms with Gasteiger partial charge in [-0.25, -0.2) is 0 Å². The fraction of sp³-hybridized carbons (Fsp3) is 0.438. The lowest BCUT2D eigenvalue weighted by molar-refractivity contribution is -0.120. The normalized spacial score (nSPS) is 10.3. The van der Waals surface area contributed by atoms with Crippen LogP contribution in [0.5, 0.6) is 5.75 Å². The number of amides is 1. The average Bonchev–Trinajstić information content (AvgIpc) is 2.44. The number of para-hydroxylation sites is 1. The van der Waals surface area contributed by atoms with Crippen LogP contribution in [0.3, 0.4) is 0 Å². The molecule has 110 valence electrons. The fourth-order valence-corrected chi connectivity index (χ4v) is 1.63. The summed E-state index contributed by atoms with van der Waals surface area (Å²) >= 11 is 0. The second-order valence-corrected chi connectivity index (χ2v) is 5.01. The molecule has 0 saturated heterocycles. The second kappa shape index (κ2) is 9.15. The maximum atomic E-state index is 11.6. The molecule has 0 aliphatic carbocycles. The minimum absolute atomic E-state index is 0.0168. The van der Waals surface area contributed by atoms with E-state index in [1.54, 1.807) is 6.08 Å². The van der Waals surface area contributed by atoms with Crippen LogP contribution < -0.4 is 15.4 Å². The molecule has 0 atom stereocenters. The van der Waals surface area contributed by atoms with Crippen molar-refractivity contribution in [2.24, 2.45) is 5.92 Å². The first-order valence-corrected chi connectivity index (χ1v) is 6.92. The van der Waals surface area contributed by atoms with Gasteiger partial charge >= 0.3 is 0 Å². The van der Waals surface area contributed by atoms with Crippen molar-refractivity contribution in [2.45, 2.75) is 20.4 Å². The first kappa shape index (κ1) is 16.2. The third-order valence-corrected chi connectivity index (χ3v) is 2.64. The summed E-state index contributed by atoms with van der Waals surface area (Å²) in [5.74, 6) is 1.30. The highest BCUT2D eigenvalue weighted by atomic mass is 16.5. The van der Waals surface area contributed by atoms with E-state index in [2.05, 4.69) is 31.1 Å². The van der Waals surface area contributed by atoms with Gasteiger partial charge in [0.25, 0.3) is 0 Å². The summed E-state index contributed by atoms with van der Waals surface area (Å²) < 4.78 is 5.56. The van der Waals surface area contributed by atoms with Crippen LogP contribution in [-0.2, 0) is 11.3 Å². The Bertz CT molecular complexity index is 430. The number of carbonyl (C=O) groups excluding carboxylic acids is 1. The number of rotatable bonds is 9. The van der Waals surface area contributed by atoms with E-state index >= 15 is 0 Å². The van der Waals surface area contributed by atoms with Crippen molar-refractivity contribution < 1.29 is 9.53 Å². The first-order chi connectivity index (χ1) is 9.63. The number of benzene rings is 1. The lowest BCUT2D eigenvalue weighted by Gasteiger charge is -2.11. The molecule has 1 aromatic carbocycles. The first-order valence-electron chi connectivity index (χ1n) is 6.92. The fourth-order valence-electron chi connectivity index (χ4n) is 1.63. The average molecular weight is 276 g/mol. The Hall–Kier alpha value is -1.81. The highest BCUT2D eigenvalue weighted by Gasteiger charge is 2.04. The molecule has 0 unspecified atom stereocenters. The Morgan fingerprint density at radius 2 is 2.15 bits per heavy atom. The Balaban J connectivity index is 2.37. The lowest BCUT2D eigenvalue weighted by atomic mass is 10.2. The maximum absolute atomic E-state index is 11.6. The van der Waals surface area contributed by atoms with Crippen molar-refractivity contribution >= 4 is 5.91 Å². The highest BCUT2D eigenvalue weighted by Crippen LogP contribution is 2.17. The zero-order valence-corrected chi connectivity index (χ0v) is 12.3. The number of nitrogens with one attached hydrogen (secondary N) is 2. The number of hydrogen-bond donors (Lipinski definition) is 2. The molecular weight excluding hydrogens is 252 g/mol. The minimum Gasteiger partial charge on any atom is -0.489 e. The van der Waals surface area contributed by atoms with E-state index < -0.39 is 0 Å². The van der Waals surface area contributed by atoms with E-state index in [0.29, 0.717) is 32.2 Å². The monoisotopic (exact) mass is 276 g/mol. The Morgan fingerprint density at radius 1 is 1.40 bits per heavy atom. The third-order valence-electron chi connectivity index (χ3n) is 2.64. The predicted molar refractivity (Wildman–Crippen MR) is 81.7 cm³/mol. The summed E-state index contributed by atoms with van der Waals surface area (Å²) in [6.07, 6.45) is 1.71. The lowest BCUT2D eigenvalue weighted by Crippen LogP contribution is -2.35.